The van der Waals surface area contributed by atoms with Gasteiger partial charge >= 0.3 is 0 Å². The van der Waals surface area contributed by atoms with Crippen molar-refractivity contribution in [3.05, 3.63) is 17.5 Å². The number of piperazine rings is 1. The van der Waals surface area contributed by atoms with Gasteiger partial charge in [0.25, 0.3) is 0 Å². The third-order valence-corrected chi connectivity index (χ3v) is 6.85. The van der Waals surface area contributed by atoms with Crippen molar-refractivity contribution in [3.63, 3.8) is 0 Å². The molecule has 0 aromatic carbocycles. The van der Waals surface area contributed by atoms with Crippen molar-refractivity contribution in [2.75, 3.05) is 44.2 Å². The highest BCUT2D eigenvalue weighted by Crippen LogP contribution is 2.34. The summed E-state index contributed by atoms with van der Waals surface area (Å²) in [7, 11) is 0. The first-order valence-electron chi connectivity index (χ1n) is 10.5. The molecule has 2 saturated carbocycles. The molecule has 1 saturated heterocycles. The molecule has 4 aliphatic rings. The molecule has 3 fully saturated rings. The lowest BCUT2D eigenvalue weighted by atomic mass is 9.91. The van der Waals surface area contributed by atoms with E-state index in [1.54, 1.807) is 0 Å². The maximum absolute atomic E-state index is 10.4. The summed E-state index contributed by atoms with van der Waals surface area (Å²) in [5.41, 5.74) is 2.47. The van der Waals surface area contributed by atoms with Crippen LogP contribution in [-0.2, 0) is 12.8 Å². The second-order valence-electron chi connectivity index (χ2n) is 8.54. The van der Waals surface area contributed by atoms with Crippen LogP contribution in [-0.4, -0.2) is 76.4 Å². The van der Waals surface area contributed by atoms with E-state index in [9.17, 15) is 5.11 Å². The van der Waals surface area contributed by atoms with Crippen LogP contribution in [0.25, 0.3) is 0 Å². The highest BCUT2D eigenvalue weighted by atomic mass is 16.3. The fourth-order valence-corrected chi connectivity index (χ4v) is 4.63. The molecule has 6 nitrogen and oxygen atoms in total. The van der Waals surface area contributed by atoms with Crippen molar-refractivity contribution >= 4 is 5.95 Å². The molecule has 6 heteroatoms. The molecule has 26 heavy (non-hydrogen) atoms. The first-order valence-corrected chi connectivity index (χ1v) is 10.5. The van der Waals surface area contributed by atoms with E-state index in [1.165, 1.54) is 43.4 Å². The molecule has 3 heterocycles. The molecule has 2 aliphatic carbocycles. The predicted octanol–water partition coefficient (Wildman–Crippen LogP) is 1.28. The second-order valence-corrected chi connectivity index (χ2v) is 8.54. The van der Waals surface area contributed by atoms with E-state index >= 15 is 0 Å². The number of nitrogens with zero attached hydrogens (tertiary/aromatic N) is 5. The Labute approximate surface area is 156 Å². The van der Waals surface area contributed by atoms with Gasteiger partial charge < -0.3 is 10.0 Å². The van der Waals surface area contributed by atoms with E-state index in [2.05, 4.69) is 14.7 Å². The maximum atomic E-state index is 10.4. The average Bonchev–Trinajstić information content (AvgIpc) is 3.47. The molecule has 2 aliphatic heterocycles. The van der Waals surface area contributed by atoms with Crippen LogP contribution in [0.15, 0.2) is 6.20 Å². The van der Waals surface area contributed by atoms with E-state index in [4.69, 9.17) is 9.97 Å². The summed E-state index contributed by atoms with van der Waals surface area (Å²) in [5, 5.41) is 10.4. The van der Waals surface area contributed by atoms with Gasteiger partial charge in [-0.3, -0.25) is 9.80 Å². The highest BCUT2D eigenvalue weighted by molar-refractivity contribution is 5.35. The van der Waals surface area contributed by atoms with Crippen LogP contribution >= 0.6 is 0 Å². The zero-order valence-electron chi connectivity index (χ0n) is 15.7. The molecule has 5 rings (SSSR count). The van der Waals surface area contributed by atoms with Crippen LogP contribution in [0.5, 0.6) is 0 Å². The molecule has 1 unspecified atom stereocenters. The molecular weight excluding hydrogens is 326 g/mol. The summed E-state index contributed by atoms with van der Waals surface area (Å²) < 4.78 is 0. The lowest BCUT2D eigenvalue weighted by Crippen LogP contribution is -2.52. The van der Waals surface area contributed by atoms with Crippen molar-refractivity contribution in [2.24, 2.45) is 5.92 Å². The van der Waals surface area contributed by atoms with Gasteiger partial charge in [0.2, 0.25) is 5.95 Å². The first-order chi connectivity index (χ1) is 12.8. The van der Waals surface area contributed by atoms with Crippen molar-refractivity contribution in [1.82, 2.24) is 19.8 Å². The molecule has 1 N–H and O–H groups in total. The van der Waals surface area contributed by atoms with Crippen LogP contribution in [0.3, 0.4) is 0 Å². The van der Waals surface area contributed by atoms with E-state index in [0.29, 0.717) is 5.92 Å². The maximum Gasteiger partial charge on any atom is 0.225 e. The minimum atomic E-state index is -0.253. The number of aromatic nitrogens is 2. The number of hydrogen-bond acceptors (Lipinski definition) is 6. The van der Waals surface area contributed by atoms with E-state index < -0.39 is 0 Å². The van der Waals surface area contributed by atoms with Gasteiger partial charge in [0.1, 0.15) is 6.23 Å². The second kappa shape index (κ2) is 7.06. The smallest absolute Gasteiger partial charge is 0.225 e. The standard InChI is InChI=1S/C20H31N5O/c26-19(15-4-5-15)24-8-6-16-14-21-20(22-18(16)7-9-24)25-12-10-23(11-13-25)17-2-1-3-17/h14-15,17,19,26H,1-13H2. The molecule has 0 bridgehead atoms. The molecule has 1 aromatic heterocycles. The van der Waals surface area contributed by atoms with Gasteiger partial charge in [-0.1, -0.05) is 6.42 Å². The zero-order chi connectivity index (χ0) is 17.5. The van der Waals surface area contributed by atoms with E-state index in [1.807, 2.05) is 6.20 Å². The minimum absolute atomic E-state index is 0.253. The highest BCUT2D eigenvalue weighted by Gasteiger charge is 2.34. The number of aliphatic hydroxyl groups excluding tert-OH is 1. The van der Waals surface area contributed by atoms with Crippen LogP contribution in [0.4, 0.5) is 5.95 Å². The van der Waals surface area contributed by atoms with Gasteiger partial charge in [-0.25, -0.2) is 9.97 Å². The van der Waals surface area contributed by atoms with Crippen molar-refractivity contribution < 1.29 is 5.11 Å². The molecule has 142 valence electrons. The fourth-order valence-electron chi connectivity index (χ4n) is 4.63. The van der Waals surface area contributed by atoms with Gasteiger partial charge in [-0.05, 0) is 43.6 Å². The Morgan fingerprint density at radius 3 is 2.42 bits per heavy atom. The van der Waals surface area contributed by atoms with Crippen molar-refractivity contribution in [3.8, 4) is 0 Å². The van der Waals surface area contributed by atoms with Crippen molar-refractivity contribution in [2.45, 2.75) is 57.2 Å². The Morgan fingerprint density at radius 1 is 0.962 bits per heavy atom. The summed E-state index contributed by atoms with van der Waals surface area (Å²) in [6.45, 7) is 6.21. The lowest BCUT2D eigenvalue weighted by molar-refractivity contribution is -0.0103. The number of rotatable bonds is 4. The molecule has 1 atom stereocenters. The average molecular weight is 358 g/mol. The SMILES string of the molecule is OC(C1CC1)N1CCc2cnc(N3CCN(C4CCC4)CC3)nc2CC1. The Hall–Kier alpha value is -1.24. The summed E-state index contributed by atoms with van der Waals surface area (Å²) in [5.74, 6) is 1.41. The van der Waals surface area contributed by atoms with Crippen LogP contribution in [0.2, 0.25) is 0 Å². The molecule has 0 amide bonds. The molecule has 1 aromatic rings. The Kier molecular flexibility index (Phi) is 4.59. The lowest BCUT2D eigenvalue weighted by Gasteiger charge is -2.43. The summed E-state index contributed by atoms with van der Waals surface area (Å²) in [6, 6.07) is 0.842. The summed E-state index contributed by atoms with van der Waals surface area (Å²) >= 11 is 0. The monoisotopic (exact) mass is 357 g/mol. The minimum Gasteiger partial charge on any atom is -0.378 e. The Balaban J connectivity index is 1.23. The molecular formula is C20H31N5O. The van der Waals surface area contributed by atoms with Crippen LogP contribution in [0.1, 0.15) is 43.4 Å². The predicted molar refractivity (Wildman–Crippen MR) is 101 cm³/mol. The van der Waals surface area contributed by atoms with Gasteiger partial charge in [0.05, 0.1) is 5.69 Å². The third-order valence-electron chi connectivity index (χ3n) is 6.85. The van der Waals surface area contributed by atoms with Gasteiger partial charge in [-0.15, -0.1) is 0 Å². The molecule has 0 radical (unpaired) electrons. The van der Waals surface area contributed by atoms with Gasteiger partial charge in [0.15, 0.2) is 0 Å². The number of fused-ring (bicyclic) bond motifs is 1. The normalized spacial score (nSPS) is 26.9. The number of anilines is 1. The van der Waals surface area contributed by atoms with Crippen LogP contribution < -0.4 is 4.90 Å². The van der Waals surface area contributed by atoms with Crippen LogP contribution in [0, 0.1) is 5.92 Å². The Morgan fingerprint density at radius 2 is 1.73 bits per heavy atom. The zero-order valence-corrected chi connectivity index (χ0v) is 15.7. The number of hydrogen-bond donors (Lipinski definition) is 1. The topological polar surface area (TPSA) is 55.7 Å². The fraction of sp³-hybridized carbons (Fsp3) is 0.800. The Bertz CT molecular complexity index is 637. The van der Waals surface area contributed by atoms with E-state index in [-0.39, 0.29) is 6.23 Å². The van der Waals surface area contributed by atoms with E-state index in [0.717, 1.165) is 64.1 Å². The van der Waals surface area contributed by atoms with Gasteiger partial charge in [0, 0.05) is 57.9 Å². The quantitative estimate of drug-likeness (QED) is 0.876. The first kappa shape index (κ1) is 16.9. The summed E-state index contributed by atoms with van der Waals surface area (Å²) in [4.78, 5) is 16.9. The largest absolute Gasteiger partial charge is 0.378 e. The molecule has 0 spiro atoms. The third kappa shape index (κ3) is 3.35. The number of aliphatic hydroxyl groups is 1. The van der Waals surface area contributed by atoms with Gasteiger partial charge in [-0.2, -0.15) is 0 Å². The summed E-state index contributed by atoms with van der Waals surface area (Å²) in [6.07, 6.45) is 10.2. The van der Waals surface area contributed by atoms with Crippen molar-refractivity contribution in [1.29, 1.82) is 0 Å².